The monoisotopic (exact) mass is 421 g/mol. The van der Waals surface area contributed by atoms with Crippen molar-refractivity contribution in [1.82, 2.24) is 5.32 Å². The van der Waals surface area contributed by atoms with Gasteiger partial charge in [-0.25, -0.2) is 4.39 Å². The number of likely N-dealkylation sites (N-methyl/N-ethyl adjacent to an activating group) is 1. The molecule has 0 atom stereocenters. The summed E-state index contributed by atoms with van der Waals surface area (Å²) in [6.45, 7) is 1.60. The van der Waals surface area contributed by atoms with Gasteiger partial charge < -0.3 is 20.7 Å². The van der Waals surface area contributed by atoms with Gasteiger partial charge in [-0.3, -0.25) is 9.59 Å². The molecule has 0 saturated heterocycles. The number of hydrogen-bond donors (Lipinski definition) is 3. The summed E-state index contributed by atoms with van der Waals surface area (Å²) in [6, 6.07) is 21.7. The van der Waals surface area contributed by atoms with Gasteiger partial charge in [0.25, 0.3) is 5.91 Å². The Morgan fingerprint density at radius 3 is 2.29 bits per heavy atom. The van der Waals surface area contributed by atoms with Crippen molar-refractivity contribution in [2.75, 3.05) is 30.6 Å². The molecule has 160 valence electrons. The molecule has 0 fully saturated rings. The topological polar surface area (TPSA) is 79.5 Å². The van der Waals surface area contributed by atoms with Gasteiger partial charge in [0.15, 0.2) is 0 Å². The van der Waals surface area contributed by atoms with Crippen molar-refractivity contribution in [3.63, 3.8) is 0 Å². The molecular formula is C24H24FN3O3. The fourth-order valence-electron chi connectivity index (χ4n) is 2.97. The van der Waals surface area contributed by atoms with Crippen molar-refractivity contribution < 1.29 is 18.7 Å². The SMILES string of the molecule is CCNCC(=O)Nc1cc(NC(=O)c2ccc(-c3ccccc3)cc2)ccc1OCF. The third kappa shape index (κ3) is 6.13. The molecule has 0 aliphatic rings. The minimum atomic E-state index is -1.03. The summed E-state index contributed by atoms with van der Waals surface area (Å²) in [7, 11) is 0. The Balaban J connectivity index is 1.73. The van der Waals surface area contributed by atoms with Gasteiger partial charge in [0.2, 0.25) is 12.8 Å². The third-order valence-electron chi connectivity index (χ3n) is 4.51. The predicted molar refractivity (Wildman–Crippen MR) is 120 cm³/mol. The van der Waals surface area contributed by atoms with Gasteiger partial charge in [0.1, 0.15) is 5.75 Å². The molecule has 3 aromatic carbocycles. The molecule has 3 N–H and O–H groups in total. The lowest BCUT2D eigenvalue weighted by Gasteiger charge is -2.13. The van der Waals surface area contributed by atoms with Crippen LogP contribution in [0.5, 0.6) is 5.75 Å². The number of benzene rings is 3. The standard InChI is InChI=1S/C24H24FN3O3/c1-2-26-15-23(29)28-21-14-20(12-13-22(21)31-16-25)27-24(30)19-10-8-18(9-11-19)17-6-4-3-5-7-17/h3-14,26H,2,15-16H2,1H3,(H,27,30)(H,28,29). The number of carbonyl (C=O) groups excluding carboxylic acids is 2. The number of anilines is 2. The molecule has 0 aromatic heterocycles. The molecule has 0 bridgehead atoms. The van der Waals surface area contributed by atoms with E-state index < -0.39 is 6.86 Å². The minimum Gasteiger partial charge on any atom is -0.461 e. The van der Waals surface area contributed by atoms with Gasteiger partial charge in [0, 0.05) is 11.3 Å². The Hall–Kier alpha value is -3.71. The minimum absolute atomic E-state index is 0.107. The number of ether oxygens (including phenoxy) is 1. The first-order valence-corrected chi connectivity index (χ1v) is 9.91. The van der Waals surface area contributed by atoms with Crippen LogP contribution in [0.2, 0.25) is 0 Å². The van der Waals surface area contributed by atoms with Crippen molar-refractivity contribution in [3.05, 3.63) is 78.4 Å². The van der Waals surface area contributed by atoms with Crippen LogP contribution in [0, 0.1) is 0 Å². The zero-order valence-corrected chi connectivity index (χ0v) is 17.2. The summed E-state index contributed by atoms with van der Waals surface area (Å²) in [5.41, 5.74) is 3.28. The molecule has 0 heterocycles. The molecule has 3 aromatic rings. The van der Waals surface area contributed by atoms with Crippen LogP contribution in [-0.4, -0.2) is 31.8 Å². The van der Waals surface area contributed by atoms with E-state index in [0.717, 1.165) is 11.1 Å². The Morgan fingerprint density at radius 2 is 1.61 bits per heavy atom. The van der Waals surface area contributed by atoms with Gasteiger partial charge in [-0.05, 0) is 48.0 Å². The summed E-state index contributed by atoms with van der Waals surface area (Å²) in [6.07, 6.45) is 0. The molecule has 0 aliphatic carbocycles. The summed E-state index contributed by atoms with van der Waals surface area (Å²) in [5, 5.41) is 8.36. The van der Waals surface area contributed by atoms with Crippen molar-refractivity contribution in [1.29, 1.82) is 0 Å². The van der Waals surface area contributed by atoms with Crippen LogP contribution in [-0.2, 0) is 4.79 Å². The highest BCUT2D eigenvalue weighted by Gasteiger charge is 2.12. The first kappa shape index (κ1) is 22.0. The molecule has 31 heavy (non-hydrogen) atoms. The maximum atomic E-state index is 12.7. The summed E-state index contributed by atoms with van der Waals surface area (Å²) in [4.78, 5) is 24.7. The van der Waals surface area contributed by atoms with E-state index in [1.165, 1.54) is 12.1 Å². The number of nitrogens with one attached hydrogen (secondary N) is 3. The number of hydrogen-bond acceptors (Lipinski definition) is 4. The van der Waals surface area contributed by atoms with Crippen LogP contribution in [0.1, 0.15) is 17.3 Å². The zero-order valence-electron chi connectivity index (χ0n) is 17.2. The molecule has 3 rings (SSSR count). The molecular weight excluding hydrogens is 397 g/mol. The van der Waals surface area contributed by atoms with Crippen molar-refractivity contribution in [2.24, 2.45) is 0 Å². The summed E-state index contributed by atoms with van der Waals surface area (Å²) in [5.74, 6) is -0.424. The van der Waals surface area contributed by atoms with Crippen molar-refractivity contribution in [3.8, 4) is 16.9 Å². The number of halogens is 1. The second kappa shape index (κ2) is 10.9. The first-order chi connectivity index (χ1) is 15.1. The van der Waals surface area contributed by atoms with E-state index in [0.29, 0.717) is 17.8 Å². The Morgan fingerprint density at radius 1 is 0.903 bits per heavy atom. The second-order valence-corrected chi connectivity index (χ2v) is 6.69. The van der Waals surface area contributed by atoms with E-state index in [4.69, 9.17) is 4.74 Å². The van der Waals surface area contributed by atoms with Crippen LogP contribution in [0.4, 0.5) is 15.8 Å². The van der Waals surface area contributed by atoms with Gasteiger partial charge in [0.05, 0.1) is 12.2 Å². The molecule has 0 unspecified atom stereocenters. The fraction of sp³-hybridized carbons (Fsp3) is 0.167. The van der Waals surface area contributed by atoms with E-state index in [2.05, 4.69) is 16.0 Å². The largest absolute Gasteiger partial charge is 0.461 e. The first-order valence-electron chi connectivity index (χ1n) is 9.91. The van der Waals surface area contributed by atoms with Crippen molar-refractivity contribution in [2.45, 2.75) is 6.92 Å². The van der Waals surface area contributed by atoms with Gasteiger partial charge in [-0.15, -0.1) is 0 Å². The van der Waals surface area contributed by atoms with Crippen LogP contribution in [0.25, 0.3) is 11.1 Å². The highest BCUT2D eigenvalue weighted by Crippen LogP contribution is 2.29. The molecule has 0 aliphatic heterocycles. The fourth-order valence-corrected chi connectivity index (χ4v) is 2.97. The van der Waals surface area contributed by atoms with Gasteiger partial charge in [-0.1, -0.05) is 49.4 Å². The number of rotatable bonds is 9. The Labute approximate surface area is 180 Å². The molecule has 7 heteroatoms. The lowest BCUT2D eigenvalue weighted by molar-refractivity contribution is -0.115. The number of alkyl halides is 1. The summed E-state index contributed by atoms with van der Waals surface area (Å²) < 4.78 is 17.6. The number of carbonyl (C=O) groups is 2. The lowest BCUT2D eigenvalue weighted by atomic mass is 10.0. The molecule has 0 spiro atoms. The van der Waals surface area contributed by atoms with Gasteiger partial charge >= 0.3 is 0 Å². The smallest absolute Gasteiger partial charge is 0.255 e. The molecule has 2 amide bonds. The quantitative estimate of drug-likeness (QED) is 0.477. The van der Waals surface area contributed by atoms with Crippen LogP contribution >= 0.6 is 0 Å². The van der Waals surface area contributed by atoms with E-state index in [1.807, 2.05) is 49.4 Å². The highest BCUT2D eigenvalue weighted by atomic mass is 19.1. The maximum absolute atomic E-state index is 12.7. The Bertz CT molecular complexity index is 1020. The molecule has 6 nitrogen and oxygen atoms in total. The highest BCUT2D eigenvalue weighted by molar-refractivity contribution is 6.05. The lowest BCUT2D eigenvalue weighted by Crippen LogP contribution is -2.28. The third-order valence-corrected chi connectivity index (χ3v) is 4.51. The summed E-state index contributed by atoms with van der Waals surface area (Å²) >= 11 is 0. The Kier molecular flexibility index (Phi) is 7.73. The maximum Gasteiger partial charge on any atom is 0.255 e. The predicted octanol–water partition coefficient (Wildman–Crippen LogP) is 4.46. The van der Waals surface area contributed by atoms with Crippen LogP contribution in [0.15, 0.2) is 72.8 Å². The van der Waals surface area contributed by atoms with E-state index in [1.54, 1.807) is 18.2 Å². The van der Waals surface area contributed by atoms with Crippen LogP contribution in [0.3, 0.4) is 0 Å². The zero-order chi connectivity index (χ0) is 22.1. The van der Waals surface area contributed by atoms with E-state index in [9.17, 15) is 14.0 Å². The van der Waals surface area contributed by atoms with E-state index >= 15 is 0 Å². The normalized spacial score (nSPS) is 10.4. The van der Waals surface area contributed by atoms with Gasteiger partial charge in [-0.2, -0.15) is 0 Å². The second-order valence-electron chi connectivity index (χ2n) is 6.69. The van der Waals surface area contributed by atoms with E-state index in [-0.39, 0.29) is 29.8 Å². The van der Waals surface area contributed by atoms with Crippen LogP contribution < -0.4 is 20.7 Å². The average Bonchev–Trinajstić information content (AvgIpc) is 2.80. The number of amides is 2. The molecule has 0 saturated carbocycles. The molecule has 0 radical (unpaired) electrons. The van der Waals surface area contributed by atoms with Crippen molar-refractivity contribution >= 4 is 23.2 Å². The average molecular weight is 421 g/mol.